The summed E-state index contributed by atoms with van der Waals surface area (Å²) in [5.41, 5.74) is 9.04. The predicted octanol–water partition coefficient (Wildman–Crippen LogP) is 3.03. The van der Waals surface area contributed by atoms with E-state index in [-0.39, 0.29) is 6.04 Å². The molecule has 0 spiro atoms. The van der Waals surface area contributed by atoms with E-state index in [1.54, 1.807) is 0 Å². The van der Waals surface area contributed by atoms with Gasteiger partial charge in [0.1, 0.15) is 0 Å². The molecule has 2 unspecified atom stereocenters. The molecule has 0 bridgehead atoms. The first kappa shape index (κ1) is 13.6. The van der Waals surface area contributed by atoms with E-state index in [0.717, 1.165) is 13.0 Å². The third kappa shape index (κ3) is 3.56. The molecule has 2 heteroatoms. The Bertz CT molecular complexity index is 350. The average molecular weight is 246 g/mol. The van der Waals surface area contributed by atoms with Gasteiger partial charge in [0.2, 0.25) is 0 Å². The molecule has 1 aliphatic heterocycles. The van der Waals surface area contributed by atoms with Gasteiger partial charge in [-0.1, -0.05) is 44.5 Å². The number of rotatable bonds is 4. The van der Waals surface area contributed by atoms with Gasteiger partial charge in [-0.25, -0.2) is 0 Å². The average Bonchev–Trinajstić information content (AvgIpc) is 2.39. The van der Waals surface area contributed by atoms with Crippen LogP contribution in [-0.2, 0) is 6.42 Å². The summed E-state index contributed by atoms with van der Waals surface area (Å²) >= 11 is 0. The van der Waals surface area contributed by atoms with Crippen LogP contribution in [0.3, 0.4) is 0 Å². The third-order valence-electron chi connectivity index (χ3n) is 3.79. The molecule has 3 N–H and O–H groups in total. The Labute approximate surface area is 111 Å². The van der Waals surface area contributed by atoms with Crippen molar-refractivity contribution in [3.63, 3.8) is 0 Å². The Kier molecular flexibility index (Phi) is 4.79. The van der Waals surface area contributed by atoms with Crippen LogP contribution in [0.1, 0.15) is 50.3 Å². The highest BCUT2D eigenvalue weighted by atomic mass is 15.0. The van der Waals surface area contributed by atoms with Gasteiger partial charge in [-0.05, 0) is 42.9 Å². The maximum Gasteiger partial charge on any atom is 0.0450 e. The van der Waals surface area contributed by atoms with Crippen molar-refractivity contribution in [2.45, 2.75) is 51.6 Å². The van der Waals surface area contributed by atoms with Crippen molar-refractivity contribution in [2.75, 3.05) is 6.54 Å². The molecule has 0 radical (unpaired) electrons. The van der Waals surface area contributed by atoms with Gasteiger partial charge in [0.15, 0.2) is 0 Å². The highest BCUT2D eigenvalue weighted by molar-refractivity contribution is 5.26. The fourth-order valence-corrected chi connectivity index (χ4v) is 2.76. The maximum absolute atomic E-state index is 6.36. The molecule has 0 amide bonds. The van der Waals surface area contributed by atoms with Gasteiger partial charge in [0, 0.05) is 12.1 Å². The van der Waals surface area contributed by atoms with E-state index < -0.39 is 0 Å². The third-order valence-corrected chi connectivity index (χ3v) is 3.79. The second-order valence-corrected chi connectivity index (χ2v) is 5.92. The number of hydrogen-bond acceptors (Lipinski definition) is 2. The number of hydrogen-bond donors (Lipinski definition) is 2. The molecule has 0 aliphatic carbocycles. The van der Waals surface area contributed by atoms with Gasteiger partial charge in [-0.3, -0.25) is 0 Å². The van der Waals surface area contributed by atoms with E-state index in [4.69, 9.17) is 5.73 Å². The standard InChI is InChI=1S/C16H26N2/c1-12(2)11-13-6-8-14(9-7-13)16(17)15-5-3-4-10-18-15/h6-9,12,15-16,18H,3-5,10-11,17H2,1-2H3. The summed E-state index contributed by atoms with van der Waals surface area (Å²) in [5, 5.41) is 3.54. The molecule has 0 aromatic heterocycles. The molecule has 18 heavy (non-hydrogen) atoms. The van der Waals surface area contributed by atoms with E-state index in [1.807, 2.05) is 0 Å². The minimum Gasteiger partial charge on any atom is -0.323 e. The smallest absolute Gasteiger partial charge is 0.0450 e. The van der Waals surface area contributed by atoms with Gasteiger partial charge in [-0.2, -0.15) is 0 Å². The molecule has 0 saturated carbocycles. The van der Waals surface area contributed by atoms with Crippen molar-refractivity contribution in [1.82, 2.24) is 5.32 Å². The first-order valence-electron chi connectivity index (χ1n) is 7.24. The summed E-state index contributed by atoms with van der Waals surface area (Å²) in [5.74, 6) is 0.713. The fraction of sp³-hybridized carbons (Fsp3) is 0.625. The van der Waals surface area contributed by atoms with Crippen molar-refractivity contribution in [1.29, 1.82) is 0 Å². The van der Waals surface area contributed by atoms with Gasteiger partial charge in [-0.15, -0.1) is 0 Å². The minimum absolute atomic E-state index is 0.137. The number of piperidine rings is 1. The Morgan fingerprint density at radius 1 is 1.22 bits per heavy atom. The van der Waals surface area contributed by atoms with E-state index >= 15 is 0 Å². The number of nitrogens with one attached hydrogen (secondary N) is 1. The number of benzene rings is 1. The zero-order chi connectivity index (χ0) is 13.0. The lowest BCUT2D eigenvalue weighted by atomic mass is 9.92. The molecular formula is C16H26N2. The van der Waals surface area contributed by atoms with E-state index in [9.17, 15) is 0 Å². The largest absolute Gasteiger partial charge is 0.323 e. The predicted molar refractivity (Wildman–Crippen MR) is 77.6 cm³/mol. The van der Waals surface area contributed by atoms with E-state index in [0.29, 0.717) is 12.0 Å². The van der Waals surface area contributed by atoms with Crippen molar-refractivity contribution >= 4 is 0 Å². The van der Waals surface area contributed by atoms with Crippen LogP contribution in [0.2, 0.25) is 0 Å². The number of nitrogens with two attached hydrogens (primary N) is 1. The minimum atomic E-state index is 0.137. The molecule has 1 fully saturated rings. The van der Waals surface area contributed by atoms with Crippen molar-refractivity contribution < 1.29 is 0 Å². The second-order valence-electron chi connectivity index (χ2n) is 5.92. The van der Waals surface area contributed by atoms with Crippen molar-refractivity contribution in [3.05, 3.63) is 35.4 Å². The lowest BCUT2D eigenvalue weighted by Crippen LogP contribution is -2.42. The maximum atomic E-state index is 6.36. The van der Waals surface area contributed by atoms with Crippen LogP contribution in [0.25, 0.3) is 0 Å². The van der Waals surface area contributed by atoms with Crippen molar-refractivity contribution in [3.8, 4) is 0 Å². The van der Waals surface area contributed by atoms with Crippen LogP contribution in [0.5, 0.6) is 0 Å². The summed E-state index contributed by atoms with van der Waals surface area (Å²) in [7, 11) is 0. The quantitative estimate of drug-likeness (QED) is 0.857. The normalized spacial score (nSPS) is 22.1. The lowest BCUT2D eigenvalue weighted by Gasteiger charge is -2.29. The monoisotopic (exact) mass is 246 g/mol. The fourth-order valence-electron chi connectivity index (χ4n) is 2.76. The van der Waals surface area contributed by atoms with Gasteiger partial charge in [0.05, 0.1) is 0 Å². The molecule has 1 aromatic carbocycles. The molecule has 100 valence electrons. The molecule has 1 heterocycles. The Morgan fingerprint density at radius 3 is 2.50 bits per heavy atom. The highest BCUT2D eigenvalue weighted by Crippen LogP contribution is 2.21. The first-order chi connectivity index (χ1) is 8.66. The van der Waals surface area contributed by atoms with Crippen LogP contribution in [0.15, 0.2) is 24.3 Å². The SMILES string of the molecule is CC(C)Cc1ccc(C(N)C2CCCCN2)cc1. The first-order valence-corrected chi connectivity index (χ1v) is 7.24. The van der Waals surface area contributed by atoms with Crippen LogP contribution in [-0.4, -0.2) is 12.6 Å². The van der Waals surface area contributed by atoms with E-state index in [1.165, 1.54) is 30.4 Å². The summed E-state index contributed by atoms with van der Waals surface area (Å²) in [6.45, 7) is 5.63. The molecule has 1 aliphatic rings. The second kappa shape index (κ2) is 6.35. The van der Waals surface area contributed by atoms with Crippen LogP contribution < -0.4 is 11.1 Å². The van der Waals surface area contributed by atoms with Crippen LogP contribution >= 0.6 is 0 Å². The molecular weight excluding hydrogens is 220 g/mol. The summed E-state index contributed by atoms with van der Waals surface area (Å²) in [4.78, 5) is 0. The Hall–Kier alpha value is -0.860. The van der Waals surface area contributed by atoms with Crippen LogP contribution in [0, 0.1) is 5.92 Å². The van der Waals surface area contributed by atoms with Crippen LogP contribution in [0.4, 0.5) is 0 Å². The topological polar surface area (TPSA) is 38.0 Å². The Morgan fingerprint density at radius 2 is 1.94 bits per heavy atom. The summed E-state index contributed by atoms with van der Waals surface area (Å²) in [6.07, 6.45) is 4.94. The summed E-state index contributed by atoms with van der Waals surface area (Å²) < 4.78 is 0. The van der Waals surface area contributed by atoms with Gasteiger partial charge >= 0.3 is 0 Å². The summed E-state index contributed by atoms with van der Waals surface area (Å²) in [6, 6.07) is 9.47. The zero-order valence-electron chi connectivity index (χ0n) is 11.7. The molecule has 1 saturated heterocycles. The Balaban J connectivity index is 1.99. The lowest BCUT2D eigenvalue weighted by molar-refractivity contribution is 0.353. The zero-order valence-corrected chi connectivity index (χ0v) is 11.7. The van der Waals surface area contributed by atoms with E-state index in [2.05, 4.69) is 43.4 Å². The molecule has 2 rings (SSSR count). The van der Waals surface area contributed by atoms with Crippen molar-refractivity contribution in [2.24, 2.45) is 11.7 Å². The van der Waals surface area contributed by atoms with Gasteiger partial charge in [0.25, 0.3) is 0 Å². The molecule has 2 nitrogen and oxygen atoms in total. The molecule has 1 aromatic rings. The highest BCUT2D eigenvalue weighted by Gasteiger charge is 2.21. The van der Waals surface area contributed by atoms with Gasteiger partial charge < -0.3 is 11.1 Å². The molecule has 2 atom stereocenters.